The van der Waals surface area contributed by atoms with Gasteiger partial charge >= 0.3 is 0 Å². The zero-order chi connectivity index (χ0) is 29.4. The van der Waals surface area contributed by atoms with Gasteiger partial charge in [0.2, 0.25) is 5.91 Å². The van der Waals surface area contributed by atoms with E-state index < -0.39 is 18.9 Å². The number of thioether (sulfide) groups is 1. The number of hydrogen-bond acceptors (Lipinski definition) is 3. The summed E-state index contributed by atoms with van der Waals surface area (Å²) in [7, 11) is -2.23. The molecule has 1 amide bonds. The average molecular weight is 578 g/mol. The van der Waals surface area contributed by atoms with Crippen molar-refractivity contribution in [3.05, 3.63) is 132 Å². The van der Waals surface area contributed by atoms with Crippen LogP contribution < -0.4 is 0 Å². The van der Waals surface area contributed by atoms with Gasteiger partial charge in [0.15, 0.2) is 8.24 Å². The summed E-state index contributed by atoms with van der Waals surface area (Å²) >= 11 is 1.75. The number of amides is 1. The van der Waals surface area contributed by atoms with Crippen LogP contribution in [0.1, 0.15) is 44.4 Å². The van der Waals surface area contributed by atoms with Crippen molar-refractivity contribution in [1.82, 2.24) is 4.57 Å². The highest BCUT2D eigenvalue weighted by atomic mass is 32.2. The maximum absolute atomic E-state index is 13.5. The van der Waals surface area contributed by atoms with E-state index in [1.807, 2.05) is 18.2 Å². The molecule has 3 aromatic carbocycles. The Morgan fingerprint density at radius 3 is 1.41 bits per heavy atom. The lowest BCUT2D eigenvalue weighted by atomic mass is 9.84. The van der Waals surface area contributed by atoms with Gasteiger partial charge in [-0.05, 0) is 45.8 Å². The molecule has 41 heavy (non-hydrogen) atoms. The second-order valence-electron chi connectivity index (χ2n) is 12.5. The molecule has 2 atom stereocenters. The molecule has 0 aromatic heterocycles. The quantitative estimate of drug-likeness (QED) is 0.0840. The molecular formula is C36H39NO2SSi. The first-order chi connectivity index (χ1) is 19.5. The second-order valence-corrected chi connectivity index (χ2v) is 18.9. The summed E-state index contributed by atoms with van der Waals surface area (Å²) < 4.78 is 1.52. The van der Waals surface area contributed by atoms with Gasteiger partial charge in [0.05, 0.1) is 10.1 Å². The first kappa shape index (κ1) is 29.1. The summed E-state index contributed by atoms with van der Waals surface area (Å²) in [5.41, 5.74) is 6.27. The lowest BCUT2D eigenvalue weighted by molar-refractivity contribution is -0.149. The van der Waals surface area contributed by atoms with E-state index in [1.165, 1.54) is 11.1 Å². The summed E-state index contributed by atoms with van der Waals surface area (Å²) in [6, 6.07) is 39.9. The maximum Gasteiger partial charge on any atom is 0.229 e. The molecule has 3 aromatic rings. The number of Topliss-reactive ketones (excluding diaryl/α,β-unsaturated/α-hetero) is 1. The van der Waals surface area contributed by atoms with E-state index in [-0.39, 0.29) is 22.1 Å². The van der Waals surface area contributed by atoms with Crippen molar-refractivity contribution in [2.75, 3.05) is 0 Å². The van der Waals surface area contributed by atoms with Crippen LogP contribution in [0.3, 0.4) is 0 Å². The zero-order valence-corrected chi connectivity index (χ0v) is 26.6. The molecule has 6 rings (SSSR count). The van der Waals surface area contributed by atoms with E-state index in [1.54, 1.807) is 18.7 Å². The number of rotatable bonds is 7. The number of carbonyl (C=O) groups excluding carboxylic acids is 2. The Morgan fingerprint density at radius 1 is 0.707 bits per heavy atom. The molecule has 3 aliphatic rings. The first-order valence-electron chi connectivity index (χ1n) is 14.3. The van der Waals surface area contributed by atoms with Gasteiger partial charge in [-0.2, -0.15) is 0 Å². The standard InChI is InChI=1S/C30H35NO2SSi.C6H4/c1-22(32)26-27(33)31(35(5,6)29(2,3)4)28(26)34-30(23-16-10-7-11-17-23,24-18-12-8-13-19-24)25-20-14-9-15-21-25;1-2-5-4-6(5)3-1/h7-21,26,28H,1-6H3;1-4H. The summed E-state index contributed by atoms with van der Waals surface area (Å²) in [5.74, 6) is -0.681. The van der Waals surface area contributed by atoms with E-state index in [4.69, 9.17) is 0 Å². The Balaban J connectivity index is 0.000000490. The van der Waals surface area contributed by atoms with E-state index in [9.17, 15) is 9.59 Å². The number of nitrogens with zero attached hydrogens (tertiary/aromatic N) is 1. The number of carbonyl (C=O) groups is 2. The zero-order valence-electron chi connectivity index (χ0n) is 24.8. The van der Waals surface area contributed by atoms with Crippen LogP contribution in [0.15, 0.2) is 115 Å². The van der Waals surface area contributed by atoms with Crippen LogP contribution in [0.2, 0.25) is 18.1 Å². The van der Waals surface area contributed by atoms with Gasteiger partial charge in [-0.3, -0.25) is 9.59 Å². The minimum Gasteiger partial charge on any atom is -0.356 e. The van der Waals surface area contributed by atoms with Crippen molar-refractivity contribution in [1.29, 1.82) is 0 Å². The number of β-lactam (4-membered cyclic amide) rings is 1. The smallest absolute Gasteiger partial charge is 0.229 e. The van der Waals surface area contributed by atoms with Crippen LogP contribution in [-0.2, 0) is 14.3 Å². The molecule has 5 heteroatoms. The SMILES string of the molecule is CC(=O)C1C(=O)N([Si](C)(C)C(C)(C)C)C1SC(c1ccccc1)(c1ccccc1)c1ccccc1.c1cc2cc-2c1. The van der Waals surface area contributed by atoms with Crippen molar-refractivity contribution in [3.8, 4) is 11.1 Å². The topological polar surface area (TPSA) is 37.4 Å². The van der Waals surface area contributed by atoms with Gasteiger partial charge in [0.25, 0.3) is 0 Å². The Bertz CT molecular complexity index is 1420. The first-order valence-corrected chi connectivity index (χ1v) is 18.1. The number of ketones is 1. The minimum absolute atomic E-state index is 0.00956. The largest absolute Gasteiger partial charge is 0.356 e. The minimum atomic E-state index is -2.23. The van der Waals surface area contributed by atoms with Crippen molar-refractivity contribution in [3.63, 3.8) is 0 Å². The lowest BCUT2D eigenvalue weighted by Crippen LogP contribution is -2.73. The third-order valence-corrected chi connectivity index (χ3v) is 16.2. The highest BCUT2D eigenvalue weighted by Crippen LogP contribution is 2.57. The van der Waals surface area contributed by atoms with Crippen LogP contribution in [0.4, 0.5) is 0 Å². The summed E-state index contributed by atoms with van der Waals surface area (Å²) in [5, 5.41) is -0.264. The van der Waals surface area contributed by atoms with Crippen LogP contribution >= 0.6 is 11.8 Å². The van der Waals surface area contributed by atoms with Crippen LogP contribution in [0, 0.1) is 5.92 Å². The van der Waals surface area contributed by atoms with E-state index in [0.29, 0.717) is 0 Å². The summed E-state index contributed by atoms with van der Waals surface area (Å²) in [6.07, 6.45) is 0. The molecule has 210 valence electrons. The molecule has 1 heterocycles. The molecule has 0 N–H and O–H groups in total. The average Bonchev–Trinajstić information content (AvgIpc) is 3.55. The molecule has 1 aliphatic heterocycles. The van der Waals surface area contributed by atoms with Crippen LogP contribution in [-0.4, -0.2) is 29.9 Å². The maximum atomic E-state index is 13.5. The van der Waals surface area contributed by atoms with E-state index in [0.717, 1.165) is 16.7 Å². The summed E-state index contributed by atoms with van der Waals surface area (Å²) in [4.78, 5) is 26.3. The fourth-order valence-corrected chi connectivity index (χ4v) is 10.5. The van der Waals surface area contributed by atoms with Crippen molar-refractivity contribution >= 4 is 31.7 Å². The normalized spacial score (nSPS) is 17.7. The van der Waals surface area contributed by atoms with E-state index in [2.05, 4.69) is 135 Å². The van der Waals surface area contributed by atoms with Gasteiger partial charge < -0.3 is 4.57 Å². The van der Waals surface area contributed by atoms with Gasteiger partial charge in [0, 0.05) is 0 Å². The fraction of sp³-hybridized carbons (Fsp3) is 0.278. The van der Waals surface area contributed by atoms with Crippen LogP contribution in [0.5, 0.6) is 0 Å². The third kappa shape index (κ3) is 5.33. The van der Waals surface area contributed by atoms with Gasteiger partial charge in [0.1, 0.15) is 11.7 Å². The molecule has 0 bridgehead atoms. The number of fused-ring (bicyclic) bond motifs is 1. The monoisotopic (exact) mass is 577 g/mol. The van der Waals surface area contributed by atoms with Gasteiger partial charge in [-0.15, -0.1) is 11.8 Å². The fourth-order valence-electron chi connectivity index (χ4n) is 5.49. The number of hydrogen-bond donors (Lipinski definition) is 0. The molecule has 1 fully saturated rings. The van der Waals surface area contributed by atoms with Gasteiger partial charge in [-0.25, -0.2) is 0 Å². The Labute approximate surface area is 250 Å². The summed E-state index contributed by atoms with van der Waals surface area (Å²) in [6.45, 7) is 12.7. The van der Waals surface area contributed by atoms with Crippen molar-refractivity contribution < 1.29 is 9.59 Å². The number of benzene rings is 4. The second kappa shape index (κ2) is 11.1. The van der Waals surface area contributed by atoms with Crippen molar-refractivity contribution in [2.24, 2.45) is 5.92 Å². The highest BCUT2D eigenvalue weighted by molar-refractivity contribution is 8.01. The molecular weight excluding hydrogens is 539 g/mol. The Hall–Kier alpha value is -3.41. The molecule has 0 spiro atoms. The predicted molar refractivity (Wildman–Crippen MR) is 174 cm³/mol. The third-order valence-electron chi connectivity index (χ3n) is 8.87. The van der Waals surface area contributed by atoms with Gasteiger partial charge in [-0.1, -0.05) is 143 Å². The predicted octanol–water partition coefficient (Wildman–Crippen LogP) is 8.76. The Kier molecular flexibility index (Phi) is 7.88. The lowest BCUT2D eigenvalue weighted by Gasteiger charge is -2.59. The van der Waals surface area contributed by atoms with Crippen LogP contribution in [0.25, 0.3) is 11.1 Å². The molecule has 3 nitrogen and oxygen atoms in total. The molecule has 0 radical (unpaired) electrons. The molecule has 2 unspecified atom stereocenters. The van der Waals surface area contributed by atoms with E-state index >= 15 is 0 Å². The molecule has 2 aliphatic carbocycles. The highest BCUT2D eigenvalue weighted by Gasteiger charge is 2.61. The van der Waals surface area contributed by atoms with Crippen molar-refractivity contribution in [2.45, 2.75) is 55.9 Å². The molecule has 0 saturated carbocycles. The molecule has 1 saturated heterocycles. The Morgan fingerprint density at radius 2 is 1.12 bits per heavy atom.